The van der Waals surface area contributed by atoms with Gasteiger partial charge in [-0.25, -0.2) is 9.78 Å². The maximum Gasteiger partial charge on any atom is 0.332 e. The number of hydrogen-bond donors (Lipinski definition) is 1. The van der Waals surface area contributed by atoms with Gasteiger partial charge < -0.3 is 10.3 Å². The van der Waals surface area contributed by atoms with Crippen molar-refractivity contribution in [2.45, 2.75) is 52.6 Å². The number of fused-ring (bicyclic) bond motifs is 1. The monoisotopic (exact) mass is 307 g/mol. The van der Waals surface area contributed by atoms with E-state index in [0.29, 0.717) is 30.8 Å². The minimum Gasteiger partial charge on any atom is -0.330 e. The molecular formula is C15H25N5O2. The molecule has 0 atom stereocenters. The number of unbranched alkanes of at least 4 members (excludes halogenated alkanes) is 1. The fourth-order valence-electron chi connectivity index (χ4n) is 2.75. The van der Waals surface area contributed by atoms with Crippen molar-refractivity contribution in [2.75, 3.05) is 6.54 Å². The molecule has 0 amide bonds. The Bertz CT molecular complexity index is 769. The summed E-state index contributed by atoms with van der Waals surface area (Å²) in [7, 11) is 1.53. The van der Waals surface area contributed by atoms with Crippen LogP contribution in [0.4, 0.5) is 0 Å². The van der Waals surface area contributed by atoms with Gasteiger partial charge in [0.05, 0.1) is 0 Å². The Balaban J connectivity index is 2.74. The van der Waals surface area contributed by atoms with Gasteiger partial charge in [-0.2, -0.15) is 0 Å². The zero-order valence-electron chi connectivity index (χ0n) is 13.6. The predicted molar refractivity (Wildman–Crippen MR) is 87.2 cm³/mol. The van der Waals surface area contributed by atoms with E-state index in [0.717, 1.165) is 31.5 Å². The maximum atomic E-state index is 12.6. The summed E-state index contributed by atoms with van der Waals surface area (Å²) in [6.45, 7) is 5.91. The molecular weight excluding hydrogens is 282 g/mol. The average molecular weight is 307 g/mol. The average Bonchev–Trinajstić information content (AvgIpc) is 2.88. The van der Waals surface area contributed by atoms with Crippen molar-refractivity contribution >= 4 is 11.2 Å². The molecule has 2 aromatic heterocycles. The minimum atomic E-state index is -0.298. The van der Waals surface area contributed by atoms with Gasteiger partial charge in [0.15, 0.2) is 11.2 Å². The summed E-state index contributed by atoms with van der Waals surface area (Å²) >= 11 is 0. The molecule has 2 N–H and O–H groups in total. The molecule has 0 aliphatic heterocycles. The second kappa shape index (κ2) is 6.91. The molecule has 2 aromatic rings. The van der Waals surface area contributed by atoms with Gasteiger partial charge >= 0.3 is 5.69 Å². The number of aryl methyl sites for hydroxylation is 3. The van der Waals surface area contributed by atoms with Crippen LogP contribution in [0.2, 0.25) is 0 Å². The third-order valence-electron chi connectivity index (χ3n) is 3.91. The van der Waals surface area contributed by atoms with Crippen LogP contribution in [0.3, 0.4) is 0 Å². The fourth-order valence-corrected chi connectivity index (χ4v) is 2.75. The van der Waals surface area contributed by atoms with Crippen molar-refractivity contribution in [3.63, 3.8) is 0 Å². The number of rotatable bonds is 7. The molecule has 7 nitrogen and oxygen atoms in total. The van der Waals surface area contributed by atoms with Gasteiger partial charge in [-0.15, -0.1) is 0 Å². The lowest BCUT2D eigenvalue weighted by Crippen LogP contribution is -2.38. The molecule has 7 heteroatoms. The van der Waals surface area contributed by atoms with Crippen LogP contribution in [-0.2, 0) is 26.6 Å². The Morgan fingerprint density at radius 1 is 1.09 bits per heavy atom. The summed E-state index contributed by atoms with van der Waals surface area (Å²) in [5, 5.41) is 0. The zero-order chi connectivity index (χ0) is 16.3. The smallest absolute Gasteiger partial charge is 0.330 e. The summed E-state index contributed by atoms with van der Waals surface area (Å²) in [4.78, 5) is 29.4. The van der Waals surface area contributed by atoms with E-state index in [1.807, 2.05) is 18.4 Å². The van der Waals surface area contributed by atoms with Gasteiger partial charge in [-0.1, -0.05) is 13.8 Å². The first kappa shape index (κ1) is 16.5. The number of nitrogens with two attached hydrogens (primary N) is 1. The Morgan fingerprint density at radius 2 is 1.82 bits per heavy atom. The first-order chi connectivity index (χ1) is 10.6. The topological polar surface area (TPSA) is 87.8 Å². The van der Waals surface area contributed by atoms with Crippen molar-refractivity contribution in [3.8, 4) is 0 Å². The molecule has 2 rings (SSSR count). The van der Waals surface area contributed by atoms with Crippen LogP contribution < -0.4 is 17.0 Å². The number of aromatic nitrogens is 4. The van der Waals surface area contributed by atoms with Crippen LogP contribution in [0.15, 0.2) is 9.59 Å². The molecule has 0 aliphatic rings. The van der Waals surface area contributed by atoms with E-state index in [-0.39, 0.29) is 11.2 Å². The summed E-state index contributed by atoms with van der Waals surface area (Å²) in [6, 6.07) is 0. The quantitative estimate of drug-likeness (QED) is 0.759. The van der Waals surface area contributed by atoms with Crippen molar-refractivity contribution in [1.82, 2.24) is 18.7 Å². The van der Waals surface area contributed by atoms with Crippen LogP contribution in [0, 0.1) is 0 Å². The van der Waals surface area contributed by atoms with Crippen LogP contribution >= 0.6 is 0 Å². The van der Waals surface area contributed by atoms with Gasteiger partial charge in [-0.3, -0.25) is 13.9 Å². The molecule has 2 heterocycles. The lowest BCUT2D eigenvalue weighted by molar-refractivity contribution is 0.594. The van der Waals surface area contributed by atoms with Crippen molar-refractivity contribution < 1.29 is 0 Å². The summed E-state index contributed by atoms with van der Waals surface area (Å²) in [6.07, 6.45) is 3.33. The largest absolute Gasteiger partial charge is 0.332 e. The predicted octanol–water partition coefficient (Wildman–Crippen LogP) is 0.608. The van der Waals surface area contributed by atoms with Gasteiger partial charge in [-0.05, 0) is 25.8 Å². The van der Waals surface area contributed by atoms with E-state index in [9.17, 15) is 9.59 Å². The van der Waals surface area contributed by atoms with E-state index in [2.05, 4.69) is 4.98 Å². The van der Waals surface area contributed by atoms with Crippen LogP contribution in [0.1, 0.15) is 38.9 Å². The third kappa shape index (κ3) is 2.72. The third-order valence-corrected chi connectivity index (χ3v) is 3.91. The fraction of sp³-hybridized carbons (Fsp3) is 0.667. The highest BCUT2D eigenvalue weighted by atomic mass is 16.2. The number of hydrogen-bond acceptors (Lipinski definition) is 4. The van der Waals surface area contributed by atoms with Gasteiger partial charge in [0.2, 0.25) is 0 Å². The van der Waals surface area contributed by atoms with Gasteiger partial charge in [0.1, 0.15) is 5.82 Å². The highest BCUT2D eigenvalue weighted by molar-refractivity contribution is 5.71. The van der Waals surface area contributed by atoms with E-state index in [1.54, 1.807) is 4.57 Å². The highest BCUT2D eigenvalue weighted by Crippen LogP contribution is 2.14. The Morgan fingerprint density at radius 3 is 2.41 bits per heavy atom. The molecule has 0 unspecified atom stereocenters. The Labute approximate surface area is 129 Å². The summed E-state index contributed by atoms with van der Waals surface area (Å²) in [5.74, 6) is 0.847. The molecule has 0 aliphatic carbocycles. The Hall–Kier alpha value is -1.89. The van der Waals surface area contributed by atoms with E-state index in [4.69, 9.17) is 5.73 Å². The van der Waals surface area contributed by atoms with E-state index >= 15 is 0 Å². The van der Waals surface area contributed by atoms with E-state index in [1.165, 1.54) is 11.6 Å². The van der Waals surface area contributed by atoms with Crippen LogP contribution in [-0.4, -0.2) is 25.2 Å². The van der Waals surface area contributed by atoms with Crippen molar-refractivity contribution in [1.29, 1.82) is 0 Å². The second-order valence-electron chi connectivity index (χ2n) is 5.50. The molecule has 0 saturated carbocycles. The summed E-state index contributed by atoms with van der Waals surface area (Å²) in [5.41, 5.74) is 6.03. The first-order valence-electron chi connectivity index (χ1n) is 7.95. The molecule has 0 fully saturated rings. The van der Waals surface area contributed by atoms with Gasteiger partial charge in [0.25, 0.3) is 5.56 Å². The highest BCUT2D eigenvalue weighted by Gasteiger charge is 2.18. The number of nitrogens with zero attached hydrogens (tertiary/aromatic N) is 4. The minimum absolute atomic E-state index is 0.271. The molecule has 0 saturated heterocycles. The first-order valence-corrected chi connectivity index (χ1v) is 7.95. The van der Waals surface area contributed by atoms with Crippen LogP contribution in [0.25, 0.3) is 11.2 Å². The lowest BCUT2D eigenvalue weighted by Gasteiger charge is -2.10. The number of imidazole rings is 1. The van der Waals surface area contributed by atoms with Crippen LogP contribution in [0.5, 0.6) is 0 Å². The molecule has 0 aromatic carbocycles. The standard InChI is InChI=1S/C15H25N5O2/c1-4-9-20-13-12(14(21)18(3)15(20)22)19(10-7-6-8-16)11(5-2)17-13/h4-10,16H2,1-3H3. The molecule has 22 heavy (non-hydrogen) atoms. The lowest BCUT2D eigenvalue weighted by atomic mass is 10.3. The van der Waals surface area contributed by atoms with Crippen molar-refractivity contribution in [3.05, 3.63) is 26.7 Å². The zero-order valence-corrected chi connectivity index (χ0v) is 13.6. The Kier molecular flexibility index (Phi) is 5.18. The van der Waals surface area contributed by atoms with E-state index < -0.39 is 0 Å². The molecule has 0 bridgehead atoms. The second-order valence-corrected chi connectivity index (χ2v) is 5.50. The normalized spacial score (nSPS) is 11.5. The maximum absolute atomic E-state index is 12.6. The molecule has 122 valence electrons. The van der Waals surface area contributed by atoms with Gasteiger partial charge in [0, 0.05) is 26.6 Å². The van der Waals surface area contributed by atoms with Crippen molar-refractivity contribution in [2.24, 2.45) is 12.8 Å². The SMILES string of the molecule is CCCn1c(=O)n(C)c(=O)c2c1nc(CC)n2CCCCN. The summed E-state index contributed by atoms with van der Waals surface area (Å²) < 4.78 is 4.74. The molecule has 0 radical (unpaired) electrons. The molecule has 0 spiro atoms.